The molecule has 564 valence electrons. The molecule has 0 aromatic rings. The molecule has 0 rings (SSSR count). The quantitative estimate of drug-likeness (QED) is 0.0191. The normalized spacial score (nSPS) is 13.3. The molecule has 0 saturated carbocycles. The number of rotatable bonds is 74. The van der Waals surface area contributed by atoms with E-state index < -0.39 is 46.4 Å². The minimum atomic E-state index is -3.12. The summed E-state index contributed by atoms with van der Waals surface area (Å²) in [6.07, 6.45) is 43.3. The number of esters is 2. The lowest BCUT2D eigenvalue weighted by Crippen LogP contribution is -2.42. The van der Waals surface area contributed by atoms with Gasteiger partial charge in [0.15, 0.2) is 0 Å². The van der Waals surface area contributed by atoms with Gasteiger partial charge in [-0.05, 0) is 44.9 Å². The highest BCUT2D eigenvalue weighted by molar-refractivity contribution is 7.33. The highest BCUT2D eigenvalue weighted by atomic mass is 31.1. The number of hydrogen-bond donors (Lipinski definition) is 4. The first kappa shape index (κ1) is 92.7. The Morgan fingerprint density at radius 1 is 0.344 bits per heavy atom. The Morgan fingerprint density at radius 3 is 1.00 bits per heavy atom. The van der Waals surface area contributed by atoms with Crippen LogP contribution in [0.1, 0.15) is 337 Å². The first-order chi connectivity index (χ1) is 46.6. The molecule has 0 aliphatic carbocycles. The number of urea groups is 1. The van der Waals surface area contributed by atoms with Crippen LogP contribution in [-0.2, 0) is 74.9 Å². The molecule has 0 spiro atoms. The van der Waals surface area contributed by atoms with Gasteiger partial charge in [-0.3, -0.25) is 37.9 Å². The van der Waals surface area contributed by atoms with E-state index in [9.17, 15) is 42.7 Å². The van der Waals surface area contributed by atoms with Crippen LogP contribution in [0.5, 0.6) is 0 Å². The number of unbranched alkanes of at least 4 members (excludes halogenated alkanes) is 32. The lowest BCUT2D eigenvalue weighted by Gasteiger charge is -2.21. The van der Waals surface area contributed by atoms with Gasteiger partial charge in [0.05, 0.1) is 77.8 Å². The Morgan fingerprint density at radius 2 is 0.656 bits per heavy atom. The first-order valence-electron chi connectivity index (χ1n) is 38.4. The van der Waals surface area contributed by atoms with Crippen molar-refractivity contribution in [1.82, 2.24) is 21.3 Å². The molecular formula is C73H140N4O17P2. The molecule has 4 amide bonds. The molecule has 0 saturated heterocycles. The van der Waals surface area contributed by atoms with Gasteiger partial charge in [0.1, 0.15) is 23.8 Å². The molecule has 0 aliphatic rings. The van der Waals surface area contributed by atoms with Gasteiger partial charge in [-0.25, -0.2) is 4.79 Å². The van der Waals surface area contributed by atoms with Crippen molar-refractivity contribution < 1.29 is 79.7 Å². The summed E-state index contributed by atoms with van der Waals surface area (Å²) >= 11 is 0. The summed E-state index contributed by atoms with van der Waals surface area (Å²) in [7, 11) is -6.23. The van der Waals surface area contributed by atoms with Gasteiger partial charge < -0.3 is 58.3 Å². The summed E-state index contributed by atoms with van der Waals surface area (Å²) in [5.74, 6) is -1.89. The van der Waals surface area contributed by atoms with E-state index in [4.69, 9.17) is 37.0 Å². The van der Waals surface area contributed by atoms with Crippen LogP contribution >= 0.6 is 16.5 Å². The third-order valence-electron chi connectivity index (χ3n) is 16.8. The second kappa shape index (κ2) is 70.2. The zero-order valence-corrected chi connectivity index (χ0v) is 63.3. The van der Waals surface area contributed by atoms with E-state index in [1.807, 2.05) is 0 Å². The van der Waals surface area contributed by atoms with Crippen LogP contribution in [0, 0.1) is 0 Å². The van der Waals surface area contributed by atoms with E-state index in [-0.39, 0.29) is 114 Å². The fourth-order valence-corrected chi connectivity index (χ4v) is 12.5. The van der Waals surface area contributed by atoms with Crippen LogP contribution in [-0.4, -0.2) is 132 Å². The number of hydrogen-bond acceptors (Lipinski definition) is 17. The summed E-state index contributed by atoms with van der Waals surface area (Å²) in [6.45, 7) is 11.8. The Bertz CT molecular complexity index is 1960. The molecule has 0 aromatic carbocycles. The van der Waals surface area contributed by atoms with E-state index in [1.165, 1.54) is 110 Å². The molecule has 2 unspecified atom stereocenters. The highest BCUT2D eigenvalue weighted by Crippen LogP contribution is 2.25. The molecule has 0 fully saturated rings. The molecule has 0 heterocycles. The third kappa shape index (κ3) is 65.3. The number of ether oxygens (including phenoxy) is 4. The van der Waals surface area contributed by atoms with Gasteiger partial charge in [0.2, 0.25) is 11.8 Å². The van der Waals surface area contributed by atoms with Crippen LogP contribution in [0.15, 0.2) is 0 Å². The van der Waals surface area contributed by atoms with Crippen molar-refractivity contribution in [2.45, 2.75) is 361 Å². The van der Waals surface area contributed by atoms with Gasteiger partial charge in [0.25, 0.3) is 0 Å². The standard InChI is InChI=1S/C73H140N4O17P2/c1-7-12-17-22-25-28-31-36-39-44-66(79)57-70(81)76-64(59-87-53-49-68(93-63(6)78)46-41-34-20-15-10-4)61-91-95(85)89-55-51-74-73(84)75-52-56-90-96(86)92-62-65(77-71(82)58-67(80)45-40-37-32-29-26-23-18-13-8-2)60-88-54-50-69(47-42-35-21-16-11-5)94-72(83)48-43-38-33-30-27-24-19-14-9-3/h64-65,68-69,95-96H,7-62H2,1-6H3,(H,76,81)(H,77,82)(H2,74,75,84)/t64-,65-,68-,69-/m1/s1. The number of carbonyl (C=O) groups is 7. The first-order valence-corrected chi connectivity index (χ1v) is 40.9. The minimum Gasteiger partial charge on any atom is -0.462 e. The highest BCUT2D eigenvalue weighted by Gasteiger charge is 2.22. The monoisotopic (exact) mass is 1410 g/mol. The fourth-order valence-electron chi connectivity index (χ4n) is 11.1. The Kier molecular flexibility index (Phi) is 67.8. The SMILES string of the molecule is CCCCCCCCCCCC(=O)CC(=O)N[C@H](COCC[C@@H](CCCCCCC)OC(C)=O)CO[PH](=O)OCCNC(=O)NCCO[PH](=O)OC[C@@H](COCC[C@@H](CCCCCCC)OC(=O)CCCCCCCCCCC)NC(=O)CC(=O)CCCCCCCCCCC. The molecule has 96 heavy (non-hydrogen) atoms. The summed E-state index contributed by atoms with van der Waals surface area (Å²) in [6, 6.07) is -2.16. The summed E-state index contributed by atoms with van der Waals surface area (Å²) in [5.41, 5.74) is 0. The maximum atomic E-state index is 13.2. The molecule has 0 aliphatic heterocycles. The average Bonchev–Trinajstić information content (AvgIpc) is 2.33. The number of ketones is 2. The van der Waals surface area contributed by atoms with Crippen molar-refractivity contribution in [1.29, 1.82) is 0 Å². The lowest BCUT2D eigenvalue weighted by atomic mass is 10.0. The van der Waals surface area contributed by atoms with E-state index in [1.54, 1.807) is 0 Å². The Hall–Kier alpha value is -3.29. The van der Waals surface area contributed by atoms with Crippen molar-refractivity contribution in [2.75, 3.05) is 65.9 Å². The number of amides is 4. The molecule has 6 atom stereocenters. The largest absolute Gasteiger partial charge is 0.462 e. The maximum Gasteiger partial charge on any atom is 0.319 e. The summed E-state index contributed by atoms with van der Waals surface area (Å²) < 4.78 is 71.0. The molecule has 23 heteroatoms. The molecular weight excluding hydrogens is 1270 g/mol. The van der Waals surface area contributed by atoms with E-state index in [0.717, 1.165) is 141 Å². The number of carbonyl (C=O) groups excluding carboxylic acids is 7. The van der Waals surface area contributed by atoms with Gasteiger partial charge >= 0.3 is 34.5 Å². The predicted octanol–water partition coefficient (Wildman–Crippen LogP) is 17.2. The summed E-state index contributed by atoms with van der Waals surface area (Å²) in [4.78, 5) is 89.3. The molecule has 21 nitrogen and oxygen atoms in total. The van der Waals surface area contributed by atoms with Crippen LogP contribution in [0.25, 0.3) is 0 Å². The van der Waals surface area contributed by atoms with Gasteiger partial charge in [-0.1, -0.05) is 240 Å². The third-order valence-corrected chi connectivity index (χ3v) is 18.4. The average molecular weight is 1410 g/mol. The molecule has 0 radical (unpaired) electrons. The van der Waals surface area contributed by atoms with Crippen molar-refractivity contribution in [3.05, 3.63) is 0 Å². The predicted molar refractivity (Wildman–Crippen MR) is 385 cm³/mol. The van der Waals surface area contributed by atoms with Crippen LogP contribution in [0.3, 0.4) is 0 Å². The zero-order chi connectivity index (χ0) is 70.6. The van der Waals surface area contributed by atoms with Gasteiger partial charge in [-0.15, -0.1) is 0 Å². The van der Waals surface area contributed by atoms with Gasteiger partial charge in [0, 0.05) is 52.1 Å². The zero-order valence-electron chi connectivity index (χ0n) is 61.3. The van der Waals surface area contributed by atoms with E-state index in [0.29, 0.717) is 38.5 Å². The smallest absolute Gasteiger partial charge is 0.319 e. The van der Waals surface area contributed by atoms with E-state index >= 15 is 0 Å². The minimum absolute atomic E-state index is 0.0210. The van der Waals surface area contributed by atoms with Crippen LogP contribution in [0.2, 0.25) is 0 Å². The Labute approximate surface area is 583 Å². The fraction of sp³-hybridized carbons (Fsp3) is 0.904. The Balaban J connectivity index is 5.33. The van der Waals surface area contributed by atoms with Gasteiger partial charge in [-0.2, -0.15) is 0 Å². The second-order valence-corrected chi connectivity index (χ2v) is 28.3. The summed E-state index contributed by atoms with van der Waals surface area (Å²) in [5, 5.41) is 10.7. The molecule has 0 aromatic heterocycles. The molecule has 4 N–H and O–H groups in total. The van der Waals surface area contributed by atoms with E-state index in [2.05, 4.69) is 55.9 Å². The van der Waals surface area contributed by atoms with Crippen molar-refractivity contribution in [2.24, 2.45) is 0 Å². The van der Waals surface area contributed by atoms with Crippen LogP contribution < -0.4 is 21.3 Å². The lowest BCUT2D eigenvalue weighted by molar-refractivity contribution is -0.151. The van der Waals surface area contributed by atoms with Crippen molar-refractivity contribution in [3.8, 4) is 0 Å². The van der Waals surface area contributed by atoms with Crippen molar-refractivity contribution in [3.63, 3.8) is 0 Å². The van der Waals surface area contributed by atoms with Crippen LogP contribution in [0.4, 0.5) is 4.79 Å². The number of Topliss-reactive ketones (excluding diaryl/α,β-unsaturated/α-hetero) is 2. The number of nitrogens with one attached hydrogen (secondary N) is 4. The molecule has 0 bridgehead atoms. The topological polar surface area (TPSA) is 276 Å². The second-order valence-electron chi connectivity index (χ2n) is 26.2. The maximum absolute atomic E-state index is 13.2. The van der Waals surface area contributed by atoms with Crippen molar-refractivity contribution >= 4 is 57.9 Å².